The van der Waals surface area contributed by atoms with Crippen molar-refractivity contribution < 1.29 is 26.7 Å². The number of nitrogens with zero attached hydrogens (tertiary/aromatic N) is 3. The highest BCUT2D eigenvalue weighted by Gasteiger charge is 2.27. The molecule has 0 aromatic carbocycles. The second kappa shape index (κ2) is 9.25. The van der Waals surface area contributed by atoms with Crippen LogP contribution in [0.25, 0.3) is 0 Å². The van der Waals surface area contributed by atoms with Gasteiger partial charge in [0.25, 0.3) is 5.22 Å². The predicted octanol–water partition coefficient (Wildman–Crippen LogP) is 4.78. The van der Waals surface area contributed by atoms with E-state index in [9.17, 15) is 22.3 Å². The van der Waals surface area contributed by atoms with E-state index in [-0.39, 0.29) is 17.3 Å². The van der Waals surface area contributed by atoms with Gasteiger partial charge in [-0.05, 0) is 13.0 Å². The van der Waals surface area contributed by atoms with Crippen LogP contribution in [0.1, 0.15) is 24.1 Å². The summed E-state index contributed by atoms with van der Waals surface area (Å²) in [7, 11) is -2.57. The smallest absolute Gasteiger partial charge is 0.405 e. The van der Waals surface area contributed by atoms with Crippen molar-refractivity contribution in [3.63, 3.8) is 0 Å². The third-order valence-electron chi connectivity index (χ3n) is 4.61. The van der Waals surface area contributed by atoms with Crippen LogP contribution in [0.3, 0.4) is 0 Å². The van der Waals surface area contributed by atoms with Gasteiger partial charge in [0, 0.05) is 37.0 Å². The van der Waals surface area contributed by atoms with Crippen LogP contribution in [-0.2, 0) is 12.2 Å². The summed E-state index contributed by atoms with van der Waals surface area (Å²) in [5, 5.41) is 2.83. The molecule has 1 fully saturated rings. The number of oxazole rings is 1. The minimum absolute atomic E-state index is 0.121. The van der Waals surface area contributed by atoms with Gasteiger partial charge in [-0.15, -0.1) is 0 Å². The van der Waals surface area contributed by atoms with Gasteiger partial charge >= 0.3 is 6.18 Å². The van der Waals surface area contributed by atoms with Gasteiger partial charge in [0.2, 0.25) is 0 Å². The Kier molecular flexibility index (Phi) is 7.10. The Morgan fingerprint density at radius 1 is 1.23 bits per heavy atom. The Labute approximate surface area is 178 Å². The molecule has 3 heterocycles. The Morgan fingerprint density at radius 2 is 1.93 bits per heavy atom. The number of aromatic nitrogens is 2. The molecule has 0 unspecified atom stereocenters. The summed E-state index contributed by atoms with van der Waals surface area (Å²) in [6.45, 7) is 3.48. The van der Waals surface area contributed by atoms with Gasteiger partial charge < -0.3 is 14.6 Å². The Hall–Kier alpha value is -1.63. The molecule has 2 aromatic heterocycles. The minimum Gasteiger partial charge on any atom is -0.436 e. The standard InChI is InChI=1S/C18H25F3N4O3S2/c1-3-15-12(2)23-17(28-15)29-10-13-8-14(25-4-6-30(26,27)7-5-25)9-16(24-13)22-11-18(19,20)21/h8-9,26-27H,3-7,10-11H2,1-2H3,(H,22,24). The lowest BCUT2D eigenvalue weighted by Crippen LogP contribution is -2.38. The molecule has 30 heavy (non-hydrogen) atoms. The van der Waals surface area contributed by atoms with Gasteiger partial charge in [-0.2, -0.15) is 23.8 Å². The maximum Gasteiger partial charge on any atom is 0.405 e. The van der Waals surface area contributed by atoms with Gasteiger partial charge in [0.1, 0.15) is 18.1 Å². The number of hydrogen-bond acceptors (Lipinski definition) is 8. The SMILES string of the molecule is CCc1oc(SCc2cc(N3CCS(O)(O)CC3)cc(NCC(F)(F)F)n2)nc1C. The molecule has 0 aliphatic carbocycles. The Bertz CT molecular complexity index is 867. The number of alkyl halides is 3. The lowest BCUT2D eigenvalue weighted by Gasteiger charge is -2.42. The van der Waals surface area contributed by atoms with Crippen molar-refractivity contribution in [1.82, 2.24) is 9.97 Å². The van der Waals surface area contributed by atoms with Gasteiger partial charge in [0.05, 0.1) is 22.9 Å². The van der Waals surface area contributed by atoms with E-state index in [2.05, 4.69) is 15.3 Å². The molecular weight excluding hydrogens is 441 g/mol. The molecule has 2 aromatic rings. The van der Waals surface area contributed by atoms with Crippen LogP contribution in [0.2, 0.25) is 0 Å². The number of hydrogen-bond donors (Lipinski definition) is 3. The van der Waals surface area contributed by atoms with E-state index < -0.39 is 23.3 Å². The highest BCUT2D eigenvalue weighted by atomic mass is 32.3. The minimum atomic E-state index is -4.36. The number of thioether (sulfide) groups is 1. The molecule has 168 valence electrons. The lowest BCUT2D eigenvalue weighted by molar-refractivity contribution is -0.115. The Balaban J connectivity index is 1.77. The van der Waals surface area contributed by atoms with Crippen LogP contribution in [0.15, 0.2) is 21.8 Å². The summed E-state index contributed by atoms with van der Waals surface area (Å²) >= 11 is 1.33. The second-order valence-electron chi connectivity index (χ2n) is 7.00. The quantitative estimate of drug-likeness (QED) is 0.502. The Morgan fingerprint density at radius 3 is 2.53 bits per heavy atom. The average molecular weight is 467 g/mol. The van der Waals surface area contributed by atoms with Crippen LogP contribution in [-0.4, -0.2) is 56.4 Å². The van der Waals surface area contributed by atoms with E-state index in [1.54, 1.807) is 12.1 Å². The molecule has 1 aliphatic rings. The molecule has 1 aliphatic heterocycles. The summed E-state index contributed by atoms with van der Waals surface area (Å²) in [5.74, 6) is 1.77. The average Bonchev–Trinajstić information content (AvgIpc) is 3.04. The maximum atomic E-state index is 12.6. The molecule has 0 bridgehead atoms. The monoisotopic (exact) mass is 466 g/mol. The zero-order chi connectivity index (χ0) is 21.9. The van der Waals surface area contributed by atoms with E-state index in [0.717, 1.165) is 17.9 Å². The molecule has 3 rings (SSSR count). The zero-order valence-electron chi connectivity index (χ0n) is 16.7. The van der Waals surface area contributed by atoms with Crippen LogP contribution in [0, 0.1) is 6.92 Å². The van der Waals surface area contributed by atoms with E-state index in [1.807, 2.05) is 18.7 Å². The fourth-order valence-corrected chi connectivity index (χ4v) is 5.03. The first kappa shape index (κ1) is 23.0. The number of pyridine rings is 1. The summed E-state index contributed by atoms with van der Waals surface area (Å²) in [4.78, 5) is 10.6. The number of halogens is 3. The largest absolute Gasteiger partial charge is 0.436 e. The van der Waals surface area contributed by atoms with Gasteiger partial charge in [0.15, 0.2) is 0 Å². The van der Waals surface area contributed by atoms with E-state index in [1.165, 1.54) is 11.8 Å². The normalized spacial score (nSPS) is 17.8. The van der Waals surface area contributed by atoms with Crippen LogP contribution < -0.4 is 10.2 Å². The van der Waals surface area contributed by atoms with Crippen molar-refractivity contribution in [2.75, 3.05) is 41.4 Å². The number of rotatable bonds is 7. The summed E-state index contributed by atoms with van der Waals surface area (Å²) in [5.41, 5.74) is 2.09. The zero-order valence-corrected chi connectivity index (χ0v) is 18.3. The van der Waals surface area contributed by atoms with E-state index in [4.69, 9.17) is 4.42 Å². The highest BCUT2D eigenvalue weighted by molar-refractivity contribution is 8.24. The first-order valence-corrected chi connectivity index (χ1v) is 12.3. The van der Waals surface area contributed by atoms with E-state index in [0.29, 0.717) is 35.4 Å². The number of anilines is 2. The van der Waals surface area contributed by atoms with Crippen molar-refractivity contribution >= 4 is 33.9 Å². The topological polar surface area (TPSA) is 94.7 Å². The molecular formula is C18H25F3N4O3S2. The van der Waals surface area contributed by atoms with Crippen molar-refractivity contribution in [3.05, 3.63) is 29.3 Å². The summed E-state index contributed by atoms with van der Waals surface area (Å²) in [6, 6.07) is 3.36. The molecule has 12 heteroatoms. The summed E-state index contributed by atoms with van der Waals surface area (Å²) in [6.07, 6.45) is -3.63. The van der Waals surface area contributed by atoms with Gasteiger partial charge in [-0.1, -0.05) is 18.7 Å². The third kappa shape index (κ3) is 6.43. The maximum absolute atomic E-state index is 12.6. The molecule has 0 radical (unpaired) electrons. The second-order valence-corrected chi connectivity index (χ2v) is 10.3. The fourth-order valence-electron chi connectivity index (χ4n) is 3.02. The van der Waals surface area contributed by atoms with E-state index >= 15 is 0 Å². The molecule has 3 N–H and O–H groups in total. The first-order chi connectivity index (χ1) is 14.0. The van der Waals surface area contributed by atoms with Crippen molar-refractivity contribution in [2.45, 2.75) is 37.4 Å². The van der Waals surface area contributed by atoms with Crippen LogP contribution >= 0.6 is 22.4 Å². The number of nitrogens with one attached hydrogen (secondary N) is 1. The molecule has 0 atom stereocenters. The van der Waals surface area contributed by atoms with Gasteiger partial charge in [-0.3, -0.25) is 9.11 Å². The first-order valence-electron chi connectivity index (χ1n) is 9.44. The highest BCUT2D eigenvalue weighted by Crippen LogP contribution is 2.41. The number of aryl methyl sites for hydroxylation is 2. The van der Waals surface area contributed by atoms with Crippen molar-refractivity contribution in [3.8, 4) is 0 Å². The molecule has 7 nitrogen and oxygen atoms in total. The van der Waals surface area contributed by atoms with Crippen molar-refractivity contribution in [2.24, 2.45) is 0 Å². The molecule has 0 saturated carbocycles. The molecule has 1 saturated heterocycles. The predicted molar refractivity (Wildman–Crippen MR) is 114 cm³/mol. The van der Waals surface area contributed by atoms with Crippen LogP contribution in [0.4, 0.5) is 24.7 Å². The fraction of sp³-hybridized carbons (Fsp3) is 0.556. The van der Waals surface area contributed by atoms with Gasteiger partial charge in [-0.25, -0.2) is 9.97 Å². The molecule has 0 spiro atoms. The summed E-state index contributed by atoms with van der Waals surface area (Å²) < 4.78 is 63.3. The van der Waals surface area contributed by atoms with Crippen LogP contribution in [0.5, 0.6) is 0 Å². The molecule has 0 amide bonds. The lowest BCUT2D eigenvalue weighted by atomic mass is 10.2. The third-order valence-corrected chi connectivity index (χ3v) is 7.15. The van der Waals surface area contributed by atoms with Crippen molar-refractivity contribution in [1.29, 1.82) is 0 Å².